The zero-order chi connectivity index (χ0) is 16.4. The van der Waals surface area contributed by atoms with Crippen LogP contribution in [0.2, 0.25) is 5.02 Å². The van der Waals surface area contributed by atoms with Gasteiger partial charge in [-0.15, -0.1) is 0 Å². The number of halogens is 4. The van der Waals surface area contributed by atoms with Gasteiger partial charge in [0, 0.05) is 25.7 Å². The molecule has 1 aromatic carbocycles. The molecule has 0 unspecified atom stereocenters. The summed E-state index contributed by atoms with van der Waals surface area (Å²) in [5.41, 5.74) is 4.55. The highest BCUT2D eigenvalue weighted by molar-refractivity contribution is 6.34. The van der Waals surface area contributed by atoms with Crippen LogP contribution in [0.1, 0.15) is 16.8 Å². The molecule has 0 saturated carbocycles. The summed E-state index contributed by atoms with van der Waals surface area (Å²) in [5, 5.41) is 10.5. The molecule has 0 bridgehead atoms. The van der Waals surface area contributed by atoms with E-state index in [1.807, 2.05) is 0 Å². The van der Waals surface area contributed by atoms with E-state index in [0.29, 0.717) is 0 Å². The van der Waals surface area contributed by atoms with E-state index in [4.69, 9.17) is 17.3 Å². The summed E-state index contributed by atoms with van der Waals surface area (Å²) >= 11 is 5.68. The molecule has 0 atom stereocenters. The Morgan fingerprint density at radius 2 is 2.05 bits per heavy atom. The molecule has 116 valence electrons. The van der Waals surface area contributed by atoms with Crippen molar-refractivity contribution in [3.8, 4) is 0 Å². The minimum absolute atomic E-state index is 0.211. The van der Waals surface area contributed by atoms with Crippen LogP contribution >= 0.6 is 11.6 Å². The first-order valence-electron chi connectivity index (χ1n) is 5.58. The Kier molecular flexibility index (Phi) is 5.00. The number of carbonyl (C=O) groups is 1. The van der Waals surface area contributed by atoms with Gasteiger partial charge in [0.2, 0.25) is 0 Å². The van der Waals surface area contributed by atoms with Gasteiger partial charge >= 0.3 is 6.18 Å². The molecule has 21 heavy (non-hydrogen) atoms. The Balaban J connectivity index is 3.04. The molecule has 0 aliphatic heterocycles. The van der Waals surface area contributed by atoms with Crippen LogP contribution in [0.3, 0.4) is 0 Å². The molecule has 0 fully saturated rings. The summed E-state index contributed by atoms with van der Waals surface area (Å²) in [6.07, 6.45) is -5.61. The Morgan fingerprint density at radius 1 is 1.48 bits per heavy atom. The molecule has 0 radical (unpaired) electrons. The summed E-state index contributed by atoms with van der Waals surface area (Å²) < 4.78 is 36.4. The second-order valence-corrected chi connectivity index (χ2v) is 4.65. The summed E-state index contributed by atoms with van der Waals surface area (Å²) in [6.45, 7) is -0.595. The standard InChI is InChI=1S/C11H11ClF3N3O3/c1-17(3-2-11(13,14)15)10(19)7-4-6(18(20)21)5-8(12)9(7)16/h4-5H,2-3,16H2,1H3. The maximum absolute atomic E-state index is 12.1. The molecule has 0 spiro atoms. The van der Waals surface area contributed by atoms with Gasteiger partial charge in [0.25, 0.3) is 11.6 Å². The van der Waals surface area contributed by atoms with E-state index in [1.165, 1.54) is 0 Å². The van der Waals surface area contributed by atoms with Crippen LogP contribution in [0.15, 0.2) is 12.1 Å². The number of rotatable bonds is 4. The average Bonchev–Trinajstić information content (AvgIpc) is 2.37. The van der Waals surface area contributed by atoms with Crippen LogP contribution in [0.5, 0.6) is 0 Å². The van der Waals surface area contributed by atoms with E-state index in [9.17, 15) is 28.1 Å². The van der Waals surface area contributed by atoms with Gasteiger partial charge < -0.3 is 10.6 Å². The normalized spacial score (nSPS) is 11.3. The van der Waals surface area contributed by atoms with Crippen LogP contribution < -0.4 is 5.73 Å². The fourth-order valence-electron chi connectivity index (χ4n) is 1.49. The van der Waals surface area contributed by atoms with E-state index in [1.54, 1.807) is 0 Å². The van der Waals surface area contributed by atoms with Crippen LogP contribution in [-0.4, -0.2) is 35.5 Å². The summed E-state index contributed by atoms with van der Waals surface area (Å²) in [4.78, 5) is 22.7. The topological polar surface area (TPSA) is 89.5 Å². The Hall–Kier alpha value is -2.03. The van der Waals surface area contributed by atoms with Crippen LogP contribution in [0, 0.1) is 10.1 Å². The minimum Gasteiger partial charge on any atom is -0.397 e. The van der Waals surface area contributed by atoms with Gasteiger partial charge in [-0.1, -0.05) is 11.6 Å². The summed E-state index contributed by atoms with van der Waals surface area (Å²) in [5.74, 6) is -0.873. The Morgan fingerprint density at radius 3 is 2.52 bits per heavy atom. The largest absolute Gasteiger partial charge is 0.397 e. The van der Waals surface area contributed by atoms with E-state index >= 15 is 0 Å². The molecule has 2 N–H and O–H groups in total. The van der Waals surface area contributed by atoms with Crippen molar-refractivity contribution in [2.75, 3.05) is 19.3 Å². The second-order valence-electron chi connectivity index (χ2n) is 4.24. The van der Waals surface area contributed by atoms with E-state index in [-0.39, 0.29) is 16.3 Å². The molecule has 0 heterocycles. The Bertz CT molecular complexity index is 578. The molecule has 0 aromatic heterocycles. The first kappa shape index (κ1) is 17.0. The van der Waals surface area contributed by atoms with Gasteiger partial charge in [0.1, 0.15) is 0 Å². The van der Waals surface area contributed by atoms with Gasteiger partial charge in [0.15, 0.2) is 0 Å². The molecule has 0 aliphatic carbocycles. The second kappa shape index (κ2) is 6.17. The minimum atomic E-state index is -4.42. The number of nitrogens with zero attached hydrogens (tertiary/aromatic N) is 2. The zero-order valence-electron chi connectivity index (χ0n) is 10.8. The quantitative estimate of drug-likeness (QED) is 0.523. The SMILES string of the molecule is CN(CCC(F)(F)F)C(=O)c1cc([N+](=O)[O-])cc(Cl)c1N. The maximum atomic E-state index is 12.1. The molecule has 6 nitrogen and oxygen atoms in total. The number of alkyl halides is 3. The molecule has 0 aliphatic rings. The van der Waals surface area contributed by atoms with Gasteiger partial charge in [0.05, 0.1) is 27.6 Å². The highest BCUT2D eigenvalue weighted by Crippen LogP contribution is 2.30. The first-order chi connectivity index (χ1) is 9.53. The number of hydrogen-bond donors (Lipinski definition) is 1. The lowest BCUT2D eigenvalue weighted by atomic mass is 10.1. The number of nitro benzene ring substituents is 1. The molecule has 1 rings (SSSR count). The third-order valence-electron chi connectivity index (χ3n) is 2.63. The number of hydrogen-bond acceptors (Lipinski definition) is 4. The zero-order valence-corrected chi connectivity index (χ0v) is 11.5. The lowest BCUT2D eigenvalue weighted by Crippen LogP contribution is -2.31. The van der Waals surface area contributed by atoms with Crippen molar-refractivity contribution in [3.05, 3.63) is 32.8 Å². The Labute approximate surface area is 122 Å². The van der Waals surface area contributed by atoms with Crippen molar-refractivity contribution in [2.24, 2.45) is 0 Å². The third kappa shape index (κ3) is 4.48. The highest BCUT2D eigenvalue weighted by Gasteiger charge is 2.29. The van der Waals surface area contributed by atoms with Crippen molar-refractivity contribution in [1.82, 2.24) is 4.90 Å². The fraction of sp³-hybridized carbons (Fsp3) is 0.364. The predicted molar refractivity (Wildman–Crippen MR) is 70.2 cm³/mol. The number of nitrogen functional groups attached to an aromatic ring is 1. The smallest absolute Gasteiger partial charge is 0.390 e. The number of nitro groups is 1. The van der Waals surface area contributed by atoms with Gasteiger partial charge in [-0.25, -0.2) is 0 Å². The predicted octanol–water partition coefficient (Wildman–Crippen LogP) is 2.85. The summed E-state index contributed by atoms with van der Waals surface area (Å²) in [7, 11) is 1.14. The molecule has 0 saturated heterocycles. The number of carbonyl (C=O) groups excluding carboxylic acids is 1. The number of anilines is 1. The molecule has 1 amide bonds. The highest BCUT2D eigenvalue weighted by atomic mass is 35.5. The van der Waals surface area contributed by atoms with Crippen molar-refractivity contribution in [3.63, 3.8) is 0 Å². The number of amides is 1. The maximum Gasteiger partial charge on any atom is 0.390 e. The van der Waals surface area contributed by atoms with Gasteiger partial charge in [-0.2, -0.15) is 13.2 Å². The van der Waals surface area contributed by atoms with Crippen molar-refractivity contribution in [2.45, 2.75) is 12.6 Å². The van der Waals surface area contributed by atoms with E-state index in [0.717, 1.165) is 24.1 Å². The monoisotopic (exact) mass is 325 g/mol. The molecular weight excluding hydrogens is 315 g/mol. The van der Waals surface area contributed by atoms with Crippen LogP contribution in [0.4, 0.5) is 24.5 Å². The van der Waals surface area contributed by atoms with Crippen molar-refractivity contribution < 1.29 is 22.9 Å². The average molecular weight is 326 g/mol. The number of nitrogens with two attached hydrogens (primary N) is 1. The van der Waals surface area contributed by atoms with E-state index in [2.05, 4.69) is 0 Å². The third-order valence-corrected chi connectivity index (χ3v) is 2.95. The van der Waals surface area contributed by atoms with E-state index < -0.39 is 35.7 Å². The van der Waals surface area contributed by atoms with Crippen molar-refractivity contribution >= 4 is 28.9 Å². The first-order valence-corrected chi connectivity index (χ1v) is 5.96. The number of non-ortho nitro benzene ring substituents is 1. The lowest BCUT2D eigenvalue weighted by Gasteiger charge is -2.19. The number of benzene rings is 1. The lowest BCUT2D eigenvalue weighted by molar-refractivity contribution is -0.384. The molecule has 1 aromatic rings. The van der Waals surface area contributed by atoms with Gasteiger partial charge in [-0.05, 0) is 0 Å². The van der Waals surface area contributed by atoms with Crippen LogP contribution in [0.25, 0.3) is 0 Å². The van der Waals surface area contributed by atoms with Crippen molar-refractivity contribution in [1.29, 1.82) is 0 Å². The fourth-order valence-corrected chi connectivity index (χ4v) is 1.70. The summed E-state index contributed by atoms with van der Waals surface area (Å²) in [6, 6.07) is 1.84. The van der Waals surface area contributed by atoms with Gasteiger partial charge in [-0.3, -0.25) is 14.9 Å². The van der Waals surface area contributed by atoms with Crippen LogP contribution in [-0.2, 0) is 0 Å². The molecular formula is C11H11ClF3N3O3. The molecule has 10 heteroatoms.